The molecule has 1 fully saturated rings. The molecule has 0 unspecified atom stereocenters. The molecule has 0 saturated heterocycles. The van der Waals surface area contributed by atoms with Gasteiger partial charge in [0, 0.05) is 18.8 Å². The lowest BCUT2D eigenvalue weighted by Gasteiger charge is -2.02. The first-order valence-corrected chi connectivity index (χ1v) is 4.75. The van der Waals surface area contributed by atoms with Crippen LogP contribution in [0.25, 0.3) is 0 Å². The molecule has 4 nitrogen and oxygen atoms in total. The van der Waals surface area contributed by atoms with E-state index in [0.29, 0.717) is 18.2 Å². The van der Waals surface area contributed by atoms with Crippen molar-refractivity contribution in [2.75, 3.05) is 0 Å². The van der Waals surface area contributed by atoms with Crippen molar-refractivity contribution in [1.29, 1.82) is 0 Å². The number of hydrogen-bond donors (Lipinski definition) is 2. The second kappa shape index (κ2) is 3.75. The molecule has 1 aromatic rings. The summed E-state index contributed by atoms with van der Waals surface area (Å²) in [6.45, 7) is 0.407. The summed E-state index contributed by atoms with van der Waals surface area (Å²) in [7, 11) is 0. The lowest BCUT2D eigenvalue weighted by Crippen LogP contribution is -2.25. The third-order valence-corrected chi connectivity index (χ3v) is 2.21. The van der Waals surface area contributed by atoms with Crippen LogP contribution in [0, 0.1) is 0 Å². The third kappa shape index (κ3) is 2.09. The minimum atomic E-state index is -0.0384. The number of nitrogens with zero attached hydrogens (tertiary/aromatic N) is 1. The molecule has 0 spiro atoms. The zero-order valence-corrected chi connectivity index (χ0v) is 7.86. The Kier molecular flexibility index (Phi) is 2.45. The normalized spacial score (nSPS) is 15.2. The molecule has 74 valence electrons. The molecular weight excluding hydrogens is 178 g/mol. The molecule has 0 aliphatic heterocycles. The molecule has 0 bridgehead atoms. The van der Waals surface area contributed by atoms with Crippen molar-refractivity contribution in [1.82, 2.24) is 10.3 Å². The number of hydrogen-bond acceptors (Lipinski definition) is 3. The summed E-state index contributed by atoms with van der Waals surface area (Å²) in [6, 6.07) is 3.92. The van der Waals surface area contributed by atoms with Gasteiger partial charge in [0.05, 0.1) is 11.3 Å². The maximum Gasteiger partial charge on any atom is 0.253 e. The van der Waals surface area contributed by atoms with Crippen molar-refractivity contribution in [3.05, 3.63) is 29.6 Å². The summed E-state index contributed by atoms with van der Waals surface area (Å²) in [4.78, 5) is 15.6. The summed E-state index contributed by atoms with van der Waals surface area (Å²) in [5, 5.41) is 2.90. The van der Waals surface area contributed by atoms with Gasteiger partial charge >= 0.3 is 0 Å². The van der Waals surface area contributed by atoms with Crippen LogP contribution >= 0.6 is 0 Å². The molecule has 1 aliphatic rings. The van der Waals surface area contributed by atoms with Gasteiger partial charge in [-0.25, -0.2) is 0 Å². The predicted molar refractivity (Wildman–Crippen MR) is 52.6 cm³/mol. The first-order valence-electron chi connectivity index (χ1n) is 4.75. The molecule has 14 heavy (non-hydrogen) atoms. The number of aromatic nitrogens is 1. The van der Waals surface area contributed by atoms with E-state index in [1.54, 1.807) is 18.3 Å². The van der Waals surface area contributed by atoms with E-state index < -0.39 is 0 Å². The molecule has 1 aromatic heterocycles. The Bertz CT molecular complexity index is 330. The Morgan fingerprint density at radius 1 is 1.57 bits per heavy atom. The number of nitrogens with one attached hydrogen (secondary N) is 1. The molecule has 1 aliphatic carbocycles. The van der Waals surface area contributed by atoms with Crippen LogP contribution in [0.5, 0.6) is 0 Å². The summed E-state index contributed by atoms with van der Waals surface area (Å²) in [5.41, 5.74) is 6.81. The van der Waals surface area contributed by atoms with Crippen molar-refractivity contribution < 1.29 is 4.79 Å². The fraction of sp³-hybridized carbons (Fsp3) is 0.400. The van der Waals surface area contributed by atoms with Gasteiger partial charge in [-0.15, -0.1) is 0 Å². The first kappa shape index (κ1) is 9.15. The van der Waals surface area contributed by atoms with Crippen LogP contribution in [0.4, 0.5) is 0 Å². The standard InChI is InChI=1S/C10H13N3O/c11-5-9-2-1-7(6-12-9)10(14)13-8-3-4-8/h1-2,6,8H,3-5,11H2,(H,13,14). The topological polar surface area (TPSA) is 68.0 Å². The second-order valence-corrected chi connectivity index (χ2v) is 3.49. The minimum absolute atomic E-state index is 0.0384. The van der Waals surface area contributed by atoms with Gasteiger partial charge in [-0.1, -0.05) is 0 Å². The van der Waals surface area contributed by atoms with E-state index in [-0.39, 0.29) is 5.91 Å². The van der Waals surface area contributed by atoms with E-state index in [4.69, 9.17) is 5.73 Å². The quantitative estimate of drug-likeness (QED) is 0.728. The van der Waals surface area contributed by atoms with Gasteiger partial charge in [-0.3, -0.25) is 9.78 Å². The Morgan fingerprint density at radius 2 is 2.36 bits per heavy atom. The Labute approximate surface area is 82.5 Å². The van der Waals surface area contributed by atoms with E-state index >= 15 is 0 Å². The largest absolute Gasteiger partial charge is 0.349 e. The molecule has 4 heteroatoms. The number of rotatable bonds is 3. The van der Waals surface area contributed by atoms with Crippen LogP contribution in [0.15, 0.2) is 18.3 Å². The monoisotopic (exact) mass is 191 g/mol. The van der Waals surface area contributed by atoms with Crippen LogP contribution < -0.4 is 11.1 Å². The van der Waals surface area contributed by atoms with Crippen LogP contribution in [0.2, 0.25) is 0 Å². The van der Waals surface area contributed by atoms with Crippen molar-refractivity contribution in [3.63, 3.8) is 0 Å². The average Bonchev–Trinajstić information content (AvgIpc) is 3.02. The van der Waals surface area contributed by atoms with E-state index in [1.807, 2.05) is 0 Å². The van der Waals surface area contributed by atoms with Crippen molar-refractivity contribution in [3.8, 4) is 0 Å². The zero-order valence-electron chi connectivity index (χ0n) is 7.86. The number of amides is 1. The Morgan fingerprint density at radius 3 is 2.86 bits per heavy atom. The van der Waals surface area contributed by atoms with Crippen molar-refractivity contribution in [2.24, 2.45) is 5.73 Å². The summed E-state index contributed by atoms with van der Waals surface area (Å²) in [5.74, 6) is -0.0384. The molecule has 1 amide bonds. The van der Waals surface area contributed by atoms with Crippen molar-refractivity contribution in [2.45, 2.75) is 25.4 Å². The fourth-order valence-electron chi connectivity index (χ4n) is 1.18. The first-order chi connectivity index (χ1) is 6.79. The van der Waals surface area contributed by atoms with Crippen LogP contribution in [-0.2, 0) is 6.54 Å². The smallest absolute Gasteiger partial charge is 0.253 e. The molecule has 1 saturated carbocycles. The highest BCUT2D eigenvalue weighted by molar-refractivity contribution is 5.94. The number of nitrogens with two attached hydrogens (primary N) is 1. The fourth-order valence-corrected chi connectivity index (χ4v) is 1.18. The Balaban J connectivity index is 2.03. The second-order valence-electron chi connectivity index (χ2n) is 3.49. The summed E-state index contributed by atoms with van der Waals surface area (Å²) < 4.78 is 0. The molecule has 1 heterocycles. The van der Waals surface area contributed by atoms with Crippen LogP contribution in [-0.4, -0.2) is 16.9 Å². The SMILES string of the molecule is NCc1ccc(C(=O)NC2CC2)cn1. The molecule has 2 rings (SSSR count). The molecule has 0 aromatic carbocycles. The molecule has 0 atom stereocenters. The maximum absolute atomic E-state index is 11.5. The third-order valence-electron chi connectivity index (χ3n) is 2.21. The van der Waals surface area contributed by atoms with Crippen LogP contribution in [0.3, 0.4) is 0 Å². The highest BCUT2D eigenvalue weighted by Crippen LogP contribution is 2.19. The maximum atomic E-state index is 11.5. The van der Waals surface area contributed by atoms with Gasteiger partial charge in [0.1, 0.15) is 0 Å². The summed E-state index contributed by atoms with van der Waals surface area (Å²) >= 11 is 0. The van der Waals surface area contributed by atoms with Gasteiger partial charge < -0.3 is 11.1 Å². The lowest BCUT2D eigenvalue weighted by molar-refractivity contribution is 0.0950. The lowest BCUT2D eigenvalue weighted by atomic mass is 10.2. The highest BCUT2D eigenvalue weighted by Gasteiger charge is 2.23. The number of carbonyl (C=O) groups excluding carboxylic acids is 1. The van der Waals surface area contributed by atoms with Crippen molar-refractivity contribution >= 4 is 5.91 Å². The van der Waals surface area contributed by atoms with E-state index in [2.05, 4.69) is 10.3 Å². The average molecular weight is 191 g/mol. The molecule has 0 radical (unpaired) electrons. The van der Waals surface area contributed by atoms with E-state index in [0.717, 1.165) is 18.5 Å². The minimum Gasteiger partial charge on any atom is -0.349 e. The molecular formula is C10H13N3O. The van der Waals surface area contributed by atoms with Gasteiger partial charge in [0.15, 0.2) is 0 Å². The zero-order chi connectivity index (χ0) is 9.97. The van der Waals surface area contributed by atoms with Gasteiger partial charge in [-0.05, 0) is 25.0 Å². The van der Waals surface area contributed by atoms with Crippen LogP contribution in [0.1, 0.15) is 28.9 Å². The Hall–Kier alpha value is -1.42. The molecule has 3 N–H and O–H groups in total. The highest BCUT2D eigenvalue weighted by atomic mass is 16.1. The van der Waals surface area contributed by atoms with E-state index in [1.165, 1.54) is 0 Å². The van der Waals surface area contributed by atoms with Gasteiger partial charge in [0.2, 0.25) is 0 Å². The van der Waals surface area contributed by atoms with Gasteiger partial charge in [-0.2, -0.15) is 0 Å². The number of carbonyl (C=O) groups is 1. The summed E-state index contributed by atoms with van der Waals surface area (Å²) in [6.07, 6.45) is 3.76. The van der Waals surface area contributed by atoms with Gasteiger partial charge in [0.25, 0.3) is 5.91 Å². The predicted octanol–water partition coefficient (Wildman–Crippen LogP) is 0.432. The number of pyridine rings is 1. The van der Waals surface area contributed by atoms with E-state index in [9.17, 15) is 4.79 Å².